The number of aryl methyl sites for hydroxylation is 2. The Morgan fingerprint density at radius 3 is 2.56 bits per heavy atom. The highest BCUT2D eigenvalue weighted by Crippen LogP contribution is 2.14. The van der Waals surface area contributed by atoms with Gasteiger partial charge in [0, 0.05) is 32.7 Å². The van der Waals surface area contributed by atoms with Crippen LogP contribution < -0.4 is 5.32 Å². The van der Waals surface area contributed by atoms with E-state index in [1.165, 1.54) is 42.7 Å². The summed E-state index contributed by atoms with van der Waals surface area (Å²) in [5, 5.41) is 3.41. The molecule has 1 atom stereocenters. The molecule has 18 heavy (non-hydrogen) atoms. The van der Waals surface area contributed by atoms with Crippen LogP contribution in [-0.4, -0.2) is 37.6 Å². The number of nitrogens with zero attached hydrogens (tertiary/aromatic N) is 1. The molecule has 1 N–H and O–H groups in total. The van der Waals surface area contributed by atoms with E-state index in [1.807, 2.05) is 0 Å². The van der Waals surface area contributed by atoms with Crippen LogP contribution >= 0.6 is 0 Å². The molecule has 1 unspecified atom stereocenters. The molecule has 0 aliphatic carbocycles. The highest BCUT2D eigenvalue weighted by molar-refractivity contribution is 5.30. The average Bonchev–Trinajstić information content (AvgIpc) is 2.35. The Morgan fingerprint density at radius 1 is 1.17 bits per heavy atom. The smallest absolute Gasteiger partial charge is 0.0107 e. The van der Waals surface area contributed by atoms with Gasteiger partial charge in [-0.3, -0.25) is 0 Å². The molecule has 1 aromatic carbocycles. The molecular formula is C16H26N2. The van der Waals surface area contributed by atoms with E-state index in [0.717, 1.165) is 19.0 Å². The Labute approximate surface area is 111 Å². The van der Waals surface area contributed by atoms with Gasteiger partial charge in [0.05, 0.1) is 0 Å². The molecule has 1 fully saturated rings. The summed E-state index contributed by atoms with van der Waals surface area (Å²) in [4.78, 5) is 2.59. The molecule has 2 nitrogen and oxygen atoms in total. The van der Waals surface area contributed by atoms with E-state index in [0.29, 0.717) is 0 Å². The summed E-state index contributed by atoms with van der Waals surface area (Å²) in [7, 11) is 0. The minimum absolute atomic E-state index is 0.741. The third-order valence-electron chi connectivity index (χ3n) is 3.93. The normalized spacial score (nSPS) is 18.8. The fraction of sp³-hybridized carbons (Fsp3) is 0.625. The molecule has 0 spiro atoms. The number of rotatable bonds is 4. The van der Waals surface area contributed by atoms with Crippen molar-refractivity contribution in [1.29, 1.82) is 0 Å². The summed E-state index contributed by atoms with van der Waals surface area (Å²) in [6.45, 7) is 12.7. The fourth-order valence-electron chi connectivity index (χ4n) is 2.73. The second-order valence-corrected chi connectivity index (χ2v) is 5.78. The standard InChI is InChI=1S/C16H26N2/c1-13(12-18-8-6-17-7-9-18)10-16-5-4-14(2)15(3)11-16/h4-5,11,13,17H,6-10,12H2,1-3H3. The van der Waals surface area contributed by atoms with E-state index in [-0.39, 0.29) is 0 Å². The maximum absolute atomic E-state index is 3.41. The monoisotopic (exact) mass is 246 g/mol. The zero-order chi connectivity index (χ0) is 13.0. The van der Waals surface area contributed by atoms with E-state index in [2.05, 4.69) is 49.2 Å². The third kappa shape index (κ3) is 3.82. The van der Waals surface area contributed by atoms with Gasteiger partial charge in [0.15, 0.2) is 0 Å². The van der Waals surface area contributed by atoms with Gasteiger partial charge in [-0.2, -0.15) is 0 Å². The topological polar surface area (TPSA) is 15.3 Å². The number of hydrogen-bond donors (Lipinski definition) is 1. The Morgan fingerprint density at radius 2 is 1.89 bits per heavy atom. The molecule has 0 radical (unpaired) electrons. The largest absolute Gasteiger partial charge is 0.314 e. The molecule has 0 saturated carbocycles. The van der Waals surface area contributed by atoms with Gasteiger partial charge in [0.25, 0.3) is 0 Å². The van der Waals surface area contributed by atoms with Crippen LogP contribution in [-0.2, 0) is 6.42 Å². The highest BCUT2D eigenvalue weighted by atomic mass is 15.2. The first-order chi connectivity index (χ1) is 8.65. The van der Waals surface area contributed by atoms with Gasteiger partial charge in [-0.15, -0.1) is 0 Å². The second kappa shape index (κ2) is 6.35. The Balaban J connectivity index is 1.85. The predicted molar refractivity (Wildman–Crippen MR) is 78.1 cm³/mol. The molecular weight excluding hydrogens is 220 g/mol. The van der Waals surface area contributed by atoms with Crippen molar-refractivity contribution in [1.82, 2.24) is 10.2 Å². The molecule has 0 amide bonds. The van der Waals surface area contributed by atoms with Crippen molar-refractivity contribution in [2.45, 2.75) is 27.2 Å². The molecule has 2 rings (SSSR count). The van der Waals surface area contributed by atoms with Crippen molar-refractivity contribution >= 4 is 0 Å². The van der Waals surface area contributed by atoms with Crippen molar-refractivity contribution in [2.75, 3.05) is 32.7 Å². The van der Waals surface area contributed by atoms with Crippen LogP contribution in [0.1, 0.15) is 23.6 Å². The first kappa shape index (κ1) is 13.6. The Bertz CT molecular complexity index is 381. The molecule has 0 bridgehead atoms. The number of nitrogens with one attached hydrogen (secondary N) is 1. The average molecular weight is 246 g/mol. The SMILES string of the molecule is Cc1ccc(CC(C)CN2CCNCC2)cc1C. The van der Waals surface area contributed by atoms with Crippen LogP contribution in [0.25, 0.3) is 0 Å². The molecule has 1 aromatic rings. The van der Waals surface area contributed by atoms with Crippen molar-refractivity contribution < 1.29 is 0 Å². The van der Waals surface area contributed by atoms with Crippen LogP contribution in [0.4, 0.5) is 0 Å². The third-order valence-corrected chi connectivity index (χ3v) is 3.93. The molecule has 1 aliphatic rings. The quantitative estimate of drug-likeness (QED) is 0.877. The van der Waals surface area contributed by atoms with Crippen LogP contribution in [0.15, 0.2) is 18.2 Å². The summed E-state index contributed by atoms with van der Waals surface area (Å²) in [6, 6.07) is 6.89. The number of benzene rings is 1. The second-order valence-electron chi connectivity index (χ2n) is 5.78. The maximum Gasteiger partial charge on any atom is 0.0107 e. The summed E-state index contributed by atoms with van der Waals surface area (Å²) in [6.07, 6.45) is 1.20. The molecule has 100 valence electrons. The van der Waals surface area contributed by atoms with E-state index >= 15 is 0 Å². The first-order valence-corrected chi connectivity index (χ1v) is 7.14. The van der Waals surface area contributed by atoms with Gasteiger partial charge >= 0.3 is 0 Å². The van der Waals surface area contributed by atoms with Crippen molar-refractivity contribution in [3.63, 3.8) is 0 Å². The van der Waals surface area contributed by atoms with Crippen molar-refractivity contribution in [2.24, 2.45) is 5.92 Å². The zero-order valence-electron chi connectivity index (χ0n) is 12.0. The predicted octanol–water partition coefficient (Wildman–Crippen LogP) is 2.39. The lowest BCUT2D eigenvalue weighted by Crippen LogP contribution is -2.45. The van der Waals surface area contributed by atoms with Gasteiger partial charge in [-0.1, -0.05) is 25.1 Å². The van der Waals surface area contributed by atoms with E-state index < -0.39 is 0 Å². The Kier molecular flexibility index (Phi) is 4.79. The van der Waals surface area contributed by atoms with Gasteiger partial charge in [0.1, 0.15) is 0 Å². The van der Waals surface area contributed by atoms with Crippen molar-refractivity contribution in [3.8, 4) is 0 Å². The number of piperazine rings is 1. The first-order valence-electron chi connectivity index (χ1n) is 7.14. The molecule has 0 aromatic heterocycles. The van der Waals surface area contributed by atoms with Gasteiger partial charge in [-0.05, 0) is 42.9 Å². The maximum atomic E-state index is 3.41. The zero-order valence-corrected chi connectivity index (χ0v) is 12.0. The molecule has 1 aliphatic heterocycles. The number of hydrogen-bond acceptors (Lipinski definition) is 2. The highest BCUT2D eigenvalue weighted by Gasteiger charge is 2.13. The van der Waals surface area contributed by atoms with Crippen LogP contribution in [0, 0.1) is 19.8 Å². The lowest BCUT2D eigenvalue weighted by Gasteiger charge is -2.29. The van der Waals surface area contributed by atoms with Gasteiger partial charge < -0.3 is 10.2 Å². The lowest BCUT2D eigenvalue weighted by atomic mass is 9.97. The van der Waals surface area contributed by atoms with E-state index in [4.69, 9.17) is 0 Å². The molecule has 1 saturated heterocycles. The molecule has 1 heterocycles. The fourth-order valence-corrected chi connectivity index (χ4v) is 2.73. The van der Waals surface area contributed by atoms with E-state index in [9.17, 15) is 0 Å². The van der Waals surface area contributed by atoms with Crippen LogP contribution in [0.2, 0.25) is 0 Å². The van der Waals surface area contributed by atoms with Crippen LogP contribution in [0.5, 0.6) is 0 Å². The lowest BCUT2D eigenvalue weighted by molar-refractivity contribution is 0.211. The minimum atomic E-state index is 0.741. The summed E-state index contributed by atoms with van der Waals surface area (Å²) in [5.41, 5.74) is 4.30. The Hall–Kier alpha value is -0.860. The van der Waals surface area contributed by atoms with Crippen LogP contribution in [0.3, 0.4) is 0 Å². The molecule has 2 heteroatoms. The van der Waals surface area contributed by atoms with E-state index in [1.54, 1.807) is 0 Å². The van der Waals surface area contributed by atoms with Gasteiger partial charge in [-0.25, -0.2) is 0 Å². The summed E-state index contributed by atoms with van der Waals surface area (Å²) >= 11 is 0. The minimum Gasteiger partial charge on any atom is -0.314 e. The summed E-state index contributed by atoms with van der Waals surface area (Å²) < 4.78 is 0. The van der Waals surface area contributed by atoms with Gasteiger partial charge in [0.2, 0.25) is 0 Å². The van der Waals surface area contributed by atoms with Crippen molar-refractivity contribution in [3.05, 3.63) is 34.9 Å². The summed E-state index contributed by atoms with van der Waals surface area (Å²) in [5.74, 6) is 0.741.